The fourth-order valence-electron chi connectivity index (χ4n) is 5.01. The second-order valence-corrected chi connectivity index (χ2v) is 9.16. The van der Waals surface area contributed by atoms with Crippen LogP contribution in [0.5, 0.6) is 5.88 Å². The lowest BCUT2D eigenvalue weighted by atomic mass is 9.77. The zero-order valence-corrected chi connectivity index (χ0v) is 21.9. The predicted molar refractivity (Wildman–Crippen MR) is 154 cm³/mol. The van der Waals surface area contributed by atoms with E-state index >= 15 is 0 Å². The molecule has 6 rings (SSSR count). The minimum Gasteiger partial charge on any atom is -0.476 e. The number of nitrogens with two attached hydrogens (primary N) is 1. The van der Waals surface area contributed by atoms with E-state index in [1.54, 1.807) is 23.3 Å². The standard InChI is InChI=1S/C32H27N7O/c1-2-40-31-28(33)21-27(29(35-31)23-13-12-20-34-22-23)30-36-38-39(37-30)32(24-14-6-3-7-15-24,25-16-8-4-9-17-25)26-18-10-5-11-19-26/h3-22H,2,33H2,1H3. The number of hydrogen-bond donors (Lipinski definition) is 1. The molecule has 3 heterocycles. The molecule has 8 nitrogen and oxygen atoms in total. The minimum absolute atomic E-state index is 0.352. The minimum atomic E-state index is -0.895. The van der Waals surface area contributed by atoms with Gasteiger partial charge in [0.25, 0.3) is 0 Å². The maximum Gasteiger partial charge on any atom is 0.237 e. The topological polar surface area (TPSA) is 105 Å². The molecule has 3 aromatic heterocycles. The van der Waals surface area contributed by atoms with E-state index in [9.17, 15) is 0 Å². The van der Waals surface area contributed by atoms with Crippen molar-refractivity contribution in [3.63, 3.8) is 0 Å². The van der Waals surface area contributed by atoms with E-state index in [1.807, 2.05) is 73.7 Å². The third-order valence-electron chi connectivity index (χ3n) is 6.76. The highest BCUT2D eigenvalue weighted by Crippen LogP contribution is 2.40. The lowest BCUT2D eigenvalue weighted by Crippen LogP contribution is -2.39. The molecule has 0 unspecified atom stereocenters. The highest BCUT2D eigenvalue weighted by molar-refractivity contribution is 5.80. The highest BCUT2D eigenvalue weighted by atomic mass is 16.5. The normalized spacial score (nSPS) is 11.3. The van der Waals surface area contributed by atoms with Gasteiger partial charge in [0.15, 0.2) is 5.54 Å². The van der Waals surface area contributed by atoms with Crippen LogP contribution in [0.15, 0.2) is 122 Å². The molecular weight excluding hydrogens is 498 g/mol. The van der Waals surface area contributed by atoms with Crippen molar-refractivity contribution in [2.75, 3.05) is 12.3 Å². The molecule has 0 amide bonds. The Hall–Kier alpha value is -5.37. The largest absolute Gasteiger partial charge is 0.476 e. The van der Waals surface area contributed by atoms with Gasteiger partial charge in [-0.1, -0.05) is 91.0 Å². The summed E-state index contributed by atoms with van der Waals surface area (Å²) in [6, 6.07) is 36.2. The fraction of sp³-hybridized carbons (Fsp3) is 0.0938. The Morgan fingerprint density at radius 1 is 0.800 bits per heavy atom. The zero-order chi connectivity index (χ0) is 27.4. The molecule has 3 aromatic carbocycles. The van der Waals surface area contributed by atoms with Crippen LogP contribution in [0, 0.1) is 0 Å². The van der Waals surface area contributed by atoms with Crippen LogP contribution in [-0.4, -0.2) is 36.8 Å². The van der Waals surface area contributed by atoms with Crippen molar-refractivity contribution < 1.29 is 4.74 Å². The molecule has 0 aliphatic heterocycles. The van der Waals surface area contributed by atoms with Gasteiger partial charge in [-0.15, -0.1) is 15.0 Å². The van der Waals surface area contributed by atoms with Gasteiger partial charge in [0.1, 0.15) is 0 Å². The molecule has 0 saturated carbocycles. The number of nitrogen functional groups attached to an aromatic ring is 1. The number of aromatic nitrogens is 6. The summed E-state index contributed by atoms with van der Waals surface area (Å²) in [6.45, 7) is 2.33. The van der Waals surface area contributed by atoms with Gasteiger partial charge < -0.3 is 10.5 Å². The van der Waals surface area contributed by atoms with Crippen LogP contribution in [0.4, 0.5) is 5.69 Å². The van der Waals surface area contributed by atoms with Crippen molar-refractivity contribution in [1.29, 1.82) is 0 Å². The van der Waals surface area contributed by atoms with E-state index in [0.29, 0.717) is 35.3 Å². The molecule has 0 aliphatic rings. The average molecular weight is 526 g/mol. The number of tetrazole rings is 1. The first-order valence-corrected chi connectivity index (χ1v) is 13.0. The number of nitrogens with zero attached hydrogens (tertiary/aromatic N) is 6. The van der Waals surface area contributed by atoms with Crippen molar-refractivity contribution in [2.24, 2.45) is 0 Å². The summed E-state index contributed by atoms with van der Waals surface area (Å²) < 4.78 is 5.70. The van der Waals surface area contributed by atoms with Crippen molar-refractivity contribution in [2.45, 2.75) is 12.5 Å². The van der Waals surface area contributed by atoms with Crippen molar-refractivity contribution in [3.05, 3.63) is 138 Å². The van der Waals surface area contributed by atoms with Gasteiger partial charge in [-0.05, 0) is 47.0 Å². The smallest absolute Gasteiger partial charge is 0.237 e. The van der Waals surface area contributed by atoms with Gasteiger partial charge >= 0.3 is 0 Å². The van der Waals surface area contributed by atoms with E-state index in [2.05, 4.69) is 51.7 Å². The maximum absolute atomic E-state index is 6.37. The molecule has 0 fully saturated rings. The second kappa shape index (κ2) is 10.8. The van der Waals surface area contributed by atoms with Crippen molar-refractivity contribution in [3.8, 4) is 28.5 Å². The predicted octanol–water partition coefficient (Wildman–Crippen LogP) is 5.62. The molecule has 0 atom stereocenters. The number of ether oxygens (including phenoxy) is 1. The zero-order valence-electron chi connectivity index (χ0n) is 21.9. The third kappa shape index (κ3) is 4.35. The molecule has 0 spiro atoms. The molecule has 2 N–H and O–H groups in total. The Morgan fingerprint density at radius 2 is 1.40 bits per heavy atom. The molecule has 6 aromatic rings. The Labute approximate surface area is 232 Å². The Kier molecular flexibility index (Phi) is 6.72. The molecule has 0 bridgehead atoms. The number of pyridine rings is 2. The second-order valence-electron chi connectivity index (χ2n) is 9.16. The summed E-state index contributed by atoms with van der Waals surface area (Å²) in [4.78, 5) is 10.7. The summed E-state index contributed by atoms with van der Waals surface area (Å²) in [5, 5.41) is 14.3. The molecule has 0 aliphatic carbocycles. The van der Waals surface area contributed by atoms with Crippen molar-refractivity contribution >= 4 is 5.69 Å². The molecule has 196 valence electrons. The molecule has 0 saturated heterocycles. The maximum atomic E-state index is 6.37. The van der Waals surface area contributed by atoms with Crippen LogP contribution in [-0.2, 0) is 5.54 Å². The van der Waals surface area contributed by atoms with Crippen LogP contribution in [0.2, 0.25) is 0 Å². The quantitative estimate of drug-likeness (QED) is 0.257. The number of hydrogen-bond acceptors (Lipinski definition) is 7. The van der Waals surface area contributed by atoms with Crippen LogP contribution >= 0.6 is 0 Å². The van der Waals surface area contributed by atoms with Gasteiger partial charge in [0, 0.05) is 18.0 Å². The molecular formula is C32H27N7O. The Bertz CT molecular complexity index is 1610. The van der Waals surface area contributed by atoms with E-state index in [-0.39, 0.29) is 0 Å². The van der Waals surface area contributed by atoms with Crippen molar-refractivity contribution in [1.82, 2.24) is 30.2 Å². The summed E-state index contributed by atoms with van der Waals surface area (Å²) in [5.41, 5.74) is 10.9. The van der Waals surface area contributed by atoms with Gasteiger partial charge in [0.05, 0.1) is 23.6 Å². The average Bonchev–Trinajstić information content (AvgIpc) is 3.51. The third-order valence-corrected chi connectivity index (χ3v) is 6.76. The summed E-state index contributed by atoms with van der Waals surface area (Å²) in [6.07, 6.45) is 3.46. The SMILES string of the molecule is CCOc1nc(-c2cccnc2)c(-c2nnn(C(c3ccccc3)(c3ccccc3)c3ccccc3)n2)cc1N. The number of rotatable bonds is 8. The lowest BCUT2D eigenvalue weighted by Gasteiger charge is -2.34. The fourth-order valence-corrected chi connectivity index (χ4v) is 5.01. The first-order chi connectivity index (χ1) is 19.7. The van der Waals surface area contributed by atoms with Crippen LogP contribution in [0.3, 0.4) is 0 Å². The van der Waals surface area contributed by atoms with Gasteiger partial charge in [-0.3, -0.25) is 4.98 Å². The lowest BCUT2D eigenvalue weighted by molar-refractivity contribution is 0.329. The first kappa shape index (κ1) is 24.9. The van der Waals surface area contributed by atoms with Crippen LogP contribution < -0.4 is 10.5 Å². The van der Waals surface area contributed by atoms with Crippen LogP contribution in [0.1, 0.15) is 23.6 Å². The number of anilines is 1. The van der Waals surface area contributed by atoms with E-state index in [4.69, 9.17) is 20.6 Å². The summed E-state index contributed by atoms with van der Waals surface area (Å²) in [7, 11) is 0. The van der Waals surface area contributed by atoms with Gasteiger partial charge in [0.2, 0.25) is 11.7 Å². The monoisotopic (exact) mass is 525 g/mol. The van der Waals surface area contributed by atoms with Gasteiger partial charge in [-0.2, -0.15) is 0 Å². The van der Waals surface area contributed by atoms with E-state index in [0.717, 1.165) is 22.3 Å². The summed E-state index contributed by atoms with van der Waals surface area (Å²) in [5.74, 6) is 0.734. The first-order valence-electron chi connectivity index (χ1n) is 13.0. The molecule has 40 heavy (non-hydrogen) atoms. The van der Waals surface area contributed by atoms with Gasteiger partial charge in [-0.25, -0.2) is 4.98 Å². The molecule has 8 heteroatoms. The van der Waals surface area contributed by atoms with Crippen LogP contribution in [0.25, 0.3) is 22.6 Å². The number of benzene rings is 3. The highest BCUT2D eigenvalue weighted by Gasteiger charge is 2.41. The Morgan fingerprint density at radius 3 is 1.93 bits per heavy atom. The van der Waals surface area contributed by atoms with E-state index in [1.165, 1.54) is 0 Å². The van der Waals surface area contributed by atoms with E-state index < -0.39 is 5.54 Å². The summed E-state index contributed by atoms with van der Waals surface area (Å²) >= 11 is 0. The molecule has 0 radical (unpaired) electrons. The Balaban J connectivity index is 1.61.